The maximum absolute atomic E-state index is 12.3. The van der Waals surface area contributed by atoms with E-state index >= 15 is 0 Å². The second-order valence-electron chi connectivity index (χ2n) is 6.51. The molecule has 0 aliphatic rings. The summed E-state index contributed by atoms with van der Waals surface area (Å²) in [5, 5.41) is 6.00. The van der Waals surface area contributed by atoms with E-state index in [9.17, 15) is 4.79 Å². The van der Waals surface area contributed by atoms with Crippen molar-refractivity contribution < 1.29 is 9.53 Å². The van der Waals surface area contributed by atoms with Gasteiger partial charge in [-0.15, -0.1) is 0 Å². The molecule has 0 saturated heterocycles. The maximum atomic E-state index is 12.3. The third-order valence-corrected chi connectivity index (χ3v) is 4.00. The number of ether oxygens (including phenoxy) is 1. The lowest BCUT2D eigenvalue weighted by molar-refractivity contribution is 0.134. The van der Waals surface area contributed by atoms with Crippen LogP contribution < -0.4 is 10.6 Å². The van der Waals surface area contributed by atoms with Gasteiger partial charge in [-0.1, -0.05) is 54.6 Å². The topological polar surface area (TPSA) is 53.6 Å². The number of urea groups is 1. The summed E-state index contributed by atoms with van der Waals surface area (Å²) in [6.07, 6.45) is 0. The highest BCUT2D eigenvalue weighted by Crippen LogP contribution is 2.13. The SMILES string of the molecule is CCOCc1ccc(CNC(=O)NC(CN(C)C)c2ccccc2)cc1. The van der Waals surface area contributed by atoms with Crippen LogP contribution in [0.4, 0.5) is 4.79 Å². The van der Waals surface area contributed by atoms with Crippen molar-refractivity contribution in [2.75, 3.05) is 27.2 Å². The Morgan fingerprint density at radius 1 is 1.04 bits per heavy atom. The summed E-state index contributed by atoms with van der Waals surface area (Å²) in [5.74, 6) is 0. The zero-order valence-electron chi connectivity index (χ0n) is 15.9. The number of hydrogen-bond donors (Lipinski definition) is 2. The van der Waals surface area contributed by atoms with Crippen LogP contribution in [0.25, 0.3) is 0 Å². The Labute approximate surface area is 156 Å². The molecule has 1 unspecified atom stereocenters. The average molecular weight is 355 g/mol. The van der Waals surface area contributed by atoms with Crippen LogP contribution in [0.2, 0.25) is 0 Å². The largest absolute Gasteiger partial charge is 0.377 e. The van der Waals surface area contributed by atoms with Crippen molar-refractivity contribution in [1.29, 1.82) is 0 Å². The second-order valence-corrected chi connectivity index (χ2v) is 6.51. The molecule has 0 aromatic heterocycles. The molecule has 5 nitrogen and oxygen atoms in total. The van der Waals surface area contributed by atoms with E-state index in [4.69, 9.17) is 4.74 Å². The molecule has 0 fully saturated rings. The third-order valence-electron chi connectivity index (χ3n) is 4.00. The van der Waals surface area contributed by atoms with Gasteiger partial charge in [-0.2, -0.15) is 0 Å². The fourth-order valence-electron chi connectivity index (χ4n) is 2.65. The van der Waals surface area contributed by atoms with Gasteiger partial charge in [0.1, 0.15) is 0 Å². The van der Waals surface area contributed by atoms with Gasteiger partial charge in [-0.25, -0.2) is 4.79 Å². The van der Waals surface area contributed by atoms with Crippen LogP contribution >= 0.6 is 0 Å². The summed E-state index contributed by atoms with van der Waals surface area (Å²) in [7, 11) is 4.00. The van der Waals surface area contributed by atoms with Crippen molar-refractivity contribution in [3.63, 3.8) is 0 Å². The number of benzene rings is 2. The smallest absolute Gasteiger partial charge is 0.315 e. The fourth-order valence-corrected chi connectivity index (χ4v) is 2.65. The molecular weight excluding hydrogens is 326 g/mol. The van der Waals surface area contributed by atoms with Gasteiger partial charge in [0.25, 0.3) is 0 Å². The molecule has 140 valence electrons. The monoisotopic (exact) mass is 355 g/mol. The molecule has 0 bridgehead atoms. The Balaban J connectivity index is 1.87. The zero-order chi connectivity index (χ0) is 18.8. The standard InChI is InChI=1S/C21H29N3O2/c1-4-26-16-18-12-10-17(11-13-18)14-22-21(25)23-20(15-24(2)3)19-8-6-5-7-9-19/h5-13,20H,4,14-16H2,1-3H3,(H2,22,23,25). The van der Waals surface area contributed by atoms with Crippen molar-refractivity contribution in [3.8, 4) is 0 Å². The van der Waals surface area contributed by atoms with Crippen LogP contribution in [0.3, 0.4) is 0 Å². The van der Waals surface area contributed by atoms with Gasteiger partial charge in [-0.3, -0.25) is 0 Å². The van der Waals surface area contributed by atoms with Gasteiger partial charge >= 0.3 is 6.03 Å². The predicted octanol–water partition coefficient (Wildman–Crippen LogP) is 3.33. The van der Waals surface area contributed by atoms with Gasteiger partial charge in [0.15, 0.2) is 0 Å². The lowest BCUT2D eigenvalue weighted by Gasteiger charge is -2.23. The Kier molecular flexibility index (Phi) is 8.12. The third kappa shape index (κ3) is 6.86. The van der Waals surface area contributed by atoms with Crippen LogP contribution in [-0.4, -0.2) is 38.2 Å². The molecule has 2 rings (SSSR count). The summed E-state index contributed by atoms with van der Waals surface area (Å²) < 4.78 is 5.39. The lowest BCUT2D eigenvalue weighted by atomic mass is 10.1. The van der Waals surface area contributed by atoms with E-state index in [0.717, 1.165) is 23.2 Å². The highest BCUT2D eigenvalue weighted by molar-refractivity contribution is 5.74. The summed E-state index contributed by atoms with van der Waals surface area (Å²) in [6.45, 7) is 4.54. The quantitative estimate of drug-likeness (QED) is 0.725. The molecule has 0 heterocycles. The lowest BCUT2D eigenvalue weighted by Crippen LogP contribution is -2.41. The first-order valence-electron chi connectivity index (χ1n) is 8.98. The fraction of sp³-hybridized carbons (Fsp3) is 0.381. The highest BCUT2D eigenvalue weighted by Gasteiger charge is 2.15. The van der Waals surface area contributed by atoms with Crippen molar-refractivity contribution in [3.05, 3.63) is 71.3 Å². The van der Waals surface area contributed by atoms with E-state index in [0.29, 0.717) is 19.8 Å². The first kappa shape index (κ1) is 19.9. The van der Waals surface area contributed by atoms with E-state index in [2.05, 4.69) is 15.5 Å². The van der Waals surface area contributed by atoms with Crippen LogP contribution in [0.5, 0.6) is 0 Å². The molecule has 0 spiro atoms. The Bertz CT molecular complexity index is 657. The molecule has 0 aliphatic carbocycles. The van der Waals surface area contributed by atoms with E-state index in [1.165, 1.54) is 0 Å². The predicted molar refractivity (Wildman–Crippen MR) is 105 cm³/mol. The molecular formula is C21H29N3O2. The number of hydrogen-bond acceptors (Lipinski definition) is 3. The Hall–Kier alpha value is -2.37. The molecule has 2 N–H and O–H groups in total. The van der Waals surface area contributed by atoms with E-state index in [1.54, 1.807) is 0 Å². The second kappa shape index (κ2) is 10.6. The number of nitrogens with zero attached hydrogens (tertiary/aromatic N) is 1. The minimum Gasteiger partial charge on any atom is -0.377 e. The molecule has 5 heteroatoms. The first-order chi connectivity index (χ1) is 12.6. The molecule has 0 saturated carbocycles. The molecule has 26 heavy (non-hydrogen) atoms. The Morgan fingerprint density at radius 3 is 2.31 bits per heavy atom. The summed E-state index contributed by atoms with van der Waals surface area (Å²) in [5.41, 5.74) is 3.29. The minimum atomic E-state index is -0.168. The molecule has 1 atom stereocenters. The summed E-state index contributed by atoms with van der Waals surface area (Å²) >= 11 is 0. The van der Waals surface area contributed by atoms with E-state index < -0.39 is 0 Å². The Morgan fingerprint density at radius 2 is 1.69 bits per heavy atom. The molecule has 0 radical (unpaired) electrons. The number of carbonyl (C=O) groups is 1. The first-order valence-corrected chi connectivity index (χ1v) is 8.98. The van der Waals surface area contributed by atoms with Crippen LogP contribution in [0.15, 0.2) is 54.6 Å². The van der Waals surface area contributed by atoms with Crippen LogP contribution in [-0.2, 0) is 17.9 Å². The van der Waals surface area contributed by atoms with Gasteiger partial charge in [0, 0.05) is 19.7 Å². The number of carbonyl (C=O) groups excluding carboxylic acids is 1. The van der Waals surface area contributed by atoms with Gasteiger partial charge in [0.2, 0.25) is 0 Å². The van der Waals surface area contributed by atoms with Crippen LogP contribution in [0, 0.1) is 0 Å². The zero-order valence-corrected chi connectivity index (χ0v) is 15.9. The van der Waals surface area contributed by atoms with E-state index in [-0.39, 0.29) is 12.1 Å². The van der Waals surface area contributed by atoms with Crippen molar-refractivity contribution in [1.82, 2.24) is 15.5 Å². The van der Waals surface area contributed by atoms with E-state index in [1.807, 2.05) is 75.6 Å². The minimum absolute atomic E-state index is 0.0558. The molecule has 2 aromatic carbocycles. The summed E-state index contributed by atoms with van der Waals surface area (Å²) in [6, 6.07) is 17.9. The van der Waals surface area contributed by atoms with Gasteiger partial charge < -0.3 is 20.3 Å². The molecule has 0 aliphatic heterocycles. The van der Waals surface area contributed by atoms with Crippen LogP contribution in [0.1, 0.15) is 29.7 Å². The van der Waals surface area contributed by atoms with Crippen molar-refractivity contribution >= 4 is 6.03 Å². The number of nitrogens with one attached hydrogen (secondary N) is 2. The number of rotatable bonds is 9. The van der Waals surface area contributed by atoms with Crippen molar-refractivity contribution in [2.45, 2.75) is 26.1 Å². The molecule has 2 aromatic rings. The van der Waals surface area contributed by atoms with Gasteiger partial charge in [-0.05, 0) is 37.7 Å². The average Bonchev–Trinajstić information content (AvgIpc) is 2.65. The number of likely N-dealkylation sites (N-methyl/N-ethyl adjacent to an activating group) is 1. The summed E-state index contributed by atoms with van der Waals surface area (Å²) in [4.78, 5) is 14.4. The number of amides is 2. The highest BCUT2D eigenvalue weighted by atomic mass is 16.5. The van der Waals surface area contributed by atoms with Crippen molar-refractivity contribution in [2.24, 2.45) is 0 Å². The molecule has 2 amide bonds. The maximum Gasteiger partial charge on any atom is 0.315 e. The normalized spacial score (nSPS) is 12.0. The van der Waals surface area contributed by atoms with Gasteiger partial charge in [0.05, 0.1) is 12.6 Å².